The fraction of sp³-hybridized carbons (Fsp3) is 0.625. The Morgan fingerprint density at radius 2 is 1.78 bits per heavy atom. The highest BCUT2D eigenvalue weighted by Gasteiger charge is 2.49. The summed E-state index contributed by atoms with van der Waals surface area (Å²) in [6, 6.07) is 9.00. The van der Waals surface area contributed by atoms with E-state index >= 15 is 0 Å². The van der Waals surface area contributed by atoms with E-state index in [0.29, 0.717) is 11.5 Å². The molecule has 1 aromatic carbocycles. The molecular formula is C16H25NO. The van der Waals surface area contributed by atoms with Gasteiger partial charge in [-0.05, 0) is 56.3 Å². The Balaban J connectivity index is 2.08. The fourth-order valence-corrected chi connectivity index (χ4v) is 2.70. The maximum atomic E-state index is 5.68. The highest BCUT2D eigenvalue weighted by molar-refractivity contribution is 5.31. The molecule has 1 fully saturated rings. The van der Waals surface area contributed by atoms with Crippen molar-refractivity contribution in [3.8, 4) is 5.75 Å². The Kier molecular flexibility index (Phi) is 3.67. The van der Waals surface area contributed by atoms with Crippen molar-refractivity contribution >= 4 is 0 Å². The minimum Gasteiger partial charge on any atom is -0.491 e. The van der Waals surface area contributed by atoms with Crippen LogP contribution in [0.15, 0.2) is 24.3 Å². The zero-order chi connectivity index (χ0) is 13.3. The zero-order valence-corrected chi connectivity index (χ0v) is 12.2. The Hall–Kier alpha value is -1.02. The standard InChI is InChI=1S/C16H25NO/c1-11(2)18-13-8-6-12(7-9-13)15(17-5)14-10-16(14,3)4/h6-9,11,14-15,17H,10H2,1-5H3. The Labute approximate surface area is 111 Å². The number of hydrogen-bond donors (Lipinski definition) is 1. The van der Waals surface area contributed by atoms with Crippen LogP contribution in [0.1, 0.15) is 45.7 Å². The minimum atomic E-state index is 0.235. The van der Waals surface area contributed by atoms with Crippen LogP contribution in [0.3, 0.4) is 0 Å². The van der Waals surface area contributed by atoms with Crippen molar-refractivity contribution in [1.29, 1.82) is 0 Å². The summed E-state index contributed by atoms with van der Waals surface area (Å²) in [7, 11) is 2.05. The molecule has 2 heteroatoms. The van der Waals surface area contributed by atoms with Gasteiger partial charge in [0, 0.05) is 6.04 Å². The van der Waals surface area contributed by atoms with Crippen LogP contribution in [0.5, 0.6) is 5.75 Å². The molecule has 1 aliphatic rings. The lowest BCUT2D eigenvalue weighted by atomic mass is 9.97. The molecule has 0 spiro atoms. The van der Waals surface area contributed by atoms with Crippen molar-refractivity contribution in [1.82, 2.24) is 5.32 Å². The molecule has 0 bridgehead atoms. The van der Waals surface area contributed by atoms with Gasteiger partial charge in [-0.1, -0.05) is 26.0 Å². The smallest absolute Gasteiger partial charge is 0.119 e. The van der Waals surface area contributed by atoms with Gasteiger partial charge in [-0.25, -0.2) is 0 Å². The average molecular weight is 247 g/mol. The molecule has 1 aromatic rings. The van der Waals surface area contributed by atoms with Gasteiger partial charge in [0.15, 0.2) is 0 Å². The van der Waals surface area contributed by atoms with Gasteiger partial charge in [-0.2, -0.15) is 0 Å². The summed E-state index contributed by atoms with van der Waals surface area (Å²) in [5, 5.41) is 3.46. The third kappa shape index (κ3) is 2.86. The molecule has 1 saturated carbocycles. The predicted molar refractivity (Wildman–Crippen MR) is 75.9 cm³/mol. The Morgan fingerprint density at radius 3 is 2.17 bits per heavy atom. The van der Waals surface area contributed by atoms with E-state index in [2.05, 4.69) is 64.3 Å². The van der Waals surface area contributed by atoms with Gasteiger partial charge in [-0.3, -0.25) is 0 Å². The lowest BCUT2D eigenvalue weighted by molar-refractivity contribution is 0.242. The van der Waals surface area contributed by atoms with E-state index in [1.807, 2.05) is 0 Å². The highest BCUT2D eigenvalue weighted by atomic mass is 16.5. The first-order valence-electron chi connectivity index (χ1n) is 6.88. The summed E-state index contributed by atoms with van der Waals surface area (Å²) >= 11 is 0. The lowest BCUT2D eigenvalue weighted by Crippen LogP contribution is -2.20. The molecule has 0 aliphatic heterocycles. The quantitative estimate of drug-likeness (QED) is 0.855. The van der Waals surface area contributed by atoms with Crippen LogP contribution < -0.4 is 10.1 Å². The Bertz CT molecular complexity index is 394. The molecule has 2 nitrogen and oxygen atoms in total. The molecule has 1 aliphatic carbocycles. The topological polar surface area (TPSA) is 21.3 Å². The summed E-state index contributed by atoms with van der Waals surface area (Å²) in [6.45, 7) is 8.80. The van der Waals surface area contributed by atoms with Crippen LogP contribution in [0, 0.1) is 11.3 Å². The van der Waals surface area contributed by atoms with E-state index in [1.54, 1.807) is 0 Å². The number of ether oxygens (including phenoxy) is 1. The molecule has 0 radical (unpaired) electrons. The van der Waals surface area contributed by atoms with Crippen molar-refractivity contribution in [3.63, 3.8) is 0 Å². The molecule has 0 saturated heterocycles. The first-order valence-corrected chi connectivity index (χ1v) is 6.88. The number of hydrogen-bond acceptors (Lipinski definition) is 2. The molecule has 0 amide bonds. The van der Waals surface area contributed by atoms with Crippen molar-refractivity contribution in [2.75, 3.05) is 7.05 Å². The lowest BCUT2D eigenvalue weighted by Gasteiger charge is -2.19. The number of nitrogens with one attached hydrogen (secondary N) is 1. The summed E-state index contributed by atoms with van der Waals surface area (Å²) < 4.78 is 5.68. The second-order valence-electron chi connectivity index (χ2n) is 6.30. The molecule has 2 unspecified atom stereocenters. The van der Waals surface area contributed by atoms with Crippen molar-refractivity contribution in [3.05, 3.63) is 29.8 Å². The SMILES string of the molecule is CNC(c1ccc(OC(C)C)cc1)C1CC1(C)C. The van der Waals surface area contributed by atoms with E-state index in [9.17, 15) is 0 Å². The molecule has 100 valence electrons. The number of benzene rings is 1. The fourth-order valence-electron chi connectivity index (χ4n) is 2.70. The van der Waals surface area contributed by atoms with Crippen LogP contribution in [0.4, 0.5) is 0 Å². The third-order valence-electron chi connectivity index (χ3n) is 3.91. The second-order valence-corrected chi connectivity index (χ2v) is 6.30. The molecule has 0 heterocycles. The van der Waals surface area contributed by atoms with Gasteiger partial charge in [0.1, 0.15) is 5.75 Å². The van der Waals surface area contributed by atoms with Gasteiger partial charge in [0.05, 0.1) is 6.10 Å². The first-order chi connectivity index (χ1) is 8.44. The molecule has 2 atom stereocenters. The van der Waals surface area contributed by atoms with Crippen molar-refractivity contribution in [2.24, 2.45) is 11.3 Å². The molecular weight excluding hydrogens is 222 g/mol. The van der Waals surface area contributed by atoms with E-state index in [1.165, 1.54) is 12.0 Å². The monoisotopic (exact) mass is 247 g/mol. The zero-order valence-electron chi connectivity index (χ0n) is 12.2. The van der Waals surface area contributed by atoms with Crippen LogP contribution in [0.2, 0.25) is 0 Å². The maximum Gasteiger partial charge on any atom is 0.119 e. The van der Waals surface area contributed by atoms with Crippen molar-refractivity contribution < 1.29 is 4.74 Å². The molecule has 18 heavy (non-hydrogen) atoms. The van der Waals surface area contributed by atoms with Gasteiger partial charge in [0.2, 0.25) is 0 Å². The van der Waals surface area contributed by atoms with E-state index in [4.69, 9.17) is 4.74 Å². The average Bonchev–Trinajstić information content (AvgIpc) is 2.90. The summed E-state index contributed by atoms with van der Waals surface area (Å²) in [4.78, 5) is 0. The molecule has 0 aromatic heterocycles. The minimum absolute atomic E-state index is 0.235. The van der Waals surface area contributed by atoms with E-state index < -0.39 is 0 Å². The van der Waals surface area contributed by atoms with Gasteiger partial charge in [0.25, 0.3) is 0 Å². The van der Waals surface area contributed by atoms with Gasteiger partial charge >= 0.3 is 0 Å². The van der Waals surface area contributed by atoms with Crippen LogP contribution >= 0.6 is 0 Å². The van der Waals surface area contributed by atoms with E-state index in [-0.39, 0.29) is 6.10 Å². The normalized spacial score (nSPS) is 22.9. The molecule has 1 N–H and O–H groups in total. The van der Waals surface area contributed by atoms with E-state index in [0.717, 1.165) is 11.7 Å². The number of rotatable bonds is 5. The van der Waals surface area contributed by atoms with Crippen LogP contribution in [0.25, 0.3) is 0 Å². The second kappa shape index (κ2) is 4.93. The first kappa shape index (κ1) is 13.4. The van der Waals surface area contributed by atoms with Crippen LogP contribution in [-0.2, 0) is 0 Å². The summed E-state index contributed by atoms with van der Waals surface area (Å²) in [6.07, 6.45) is 1.54. The largest absolute Gasteiger partial charge is 0.491 e. The predicted octanol–water partition coefficient (Wildman–Crippen LogP) is 3.78. The third-order valence-corrected chi connectivity index (χ3v) is 3.91. The highest BCUT2D eigenvalue weighted by Crippen LogP contribution is 2.57. The maximum absolute atomic E-state index is 5.68. The van der Waals surface area contributed by atoms with Crippen LogP contribution in [-0.4, -0.2) is 13.2 Å². The van der Waals surface area contributed by atoms with Gasteiger partial charge < -0.3 is 10.1 Å². The summed E-state index contributed by atoms with van der Waals surface area (Å²) in [5.74, 6) is 1.71. The Morgan fingerprint density at radius 1 is 1.22 bits per heavy atom. The molecule has 2 rings (SSSR count). The van der Waals surface area contributed by atoms with Gasteiger partial charge in [-0.15, -0.1) is 0 Å². The summed E-state index contributed by atoms with van der Waals surface area (Å²) in [5.41, 5.74) is 1.85. The van der Waals surface area contributed by atoms with Crippen molar-refractivity contribution in [2.45, 2.75) is 46.3 Å².